The lowest BCUT2D eigenvalue weighted by molar-refractivity contribution is -0.132. The third-order valence-electron chi connectivity index (χ3n) is 4.55. The van der Waals surface area contributed by atoms with Crippen molar-refractivity contribution in [3.05, 3.63) is 0 Å². The lowest BCUT2D eigenvalue weighted by Crippen LogP contribution is -2.33. The van der Waals surface area contributed by atoms with Crippen molar-refractivity contribution in [1.29, 1.82) is 5.26 Å². The van der Waals surface area contributed by atoms with Gasteiger partial charge in [-0.15, -0.1) is 0 Å². The standard InChI is InChI=1S/C14H22N2O/c1-2-16(7-3-6-15)14(17)10-13-9-11-4-5-12(13)8-11/h11-13H,2-5,7-10H2,1H3. The molecule has 2 fully saturated rings. The summed E-state index contributed by atoms with van der Waals surface area (Å²) in [6.45, 7) is 3.34. The van der Waals surface area contributed by atoms with Crippen molar-refractivity contribution in [2.75, 3.05) is 13.1 Å². The van der Waals surface area contributed by atoms with Crippen LogP contribution in [0.5, 0.6) is 0 Å². The van der Waals surface area contributed by atoms with Crippen molar-refractivity contribution in [2.45, 2.75) is 45.4 Å². The number of fused-ring (bicyclic) bond motifs is 2. The lowest BCUT2D eigenvalue weighted by Gasteiger charge is -2.25. The first-order valence-corrected chi connectivity index (χ1v) is 6.89. The van der Waals surface area contributed by atoms with Crippen LogP contribution in [0.2, 0.25) is 0 Å². The Morgan fingerprint density at radius 2 is 2.24 bits per heavy atom. The van der Waals surface area contributed by atoms with Gasteiger partial charge in [-0.25, -0.2) is 0 Å². The summed E-state index contributed by atoms with van der Waals surface area (Å²) in [5.41, 5.74) is 0. The minimum Gasteiger partial charge on any atom is -0.342 e. The van der Waals surface area contributed by atoms with E-state index in [-0.39, 0.29) is 5.91 Å². The fourth-order valence-electron chi connectivity index (χ4n) is 3.62. The number of rotatable bonds is 5. The first-order valence-electron chi connectivity index (χ1n) is 6.89. The minimum absolute atomic E-state index is 0.264. The van der Waals surface area contributed by atoms with Gasteiger partial charge in [0.1, 0.15) is 0 Å². The normalized spacial score (nSPS) is 30.2. The average Bonchev–Trinajstić information content (AvgIpc) is 2.92. The minimum atomic E-state index is 0.264. The number of nitrogens with zero attached hydrogens (tertiary/aromatic N) is 2. The Morgan fingerprint density at radius 3 is 2.76 bits per heavy atom. The van der Waals surface area contributed by atoms with E-state index in [1.54, 1.807) is 0 Å². The van der Waals surface area contributed by atoms with Gasteiger partial charge in [0.25, 0.3) is 0 Å². The van der Waals surface area contributed by atoms with Crippen LogP contribution in [-0.4, -0.2) is 23.9 Å². The van der Waals surface area contributed by atoms with Crippen molar-refractivity contribution in [2.24, 2.45) is 17.8 Å². The molecule has 0 aromatic carbocycles. The van der Waals surface area contributed by atoms with Crippen LogP contribution in [0, 0.1) is 29.1 Å². The Labute approximate surface area is 104 Å². The van der Waals surface area contributed by atoms with E-state index in [2.05, 4.69) is 6.07 Å². The van der Waals surface area contributed by atoms with E-state index in [0.717, 1.165) is 24.8 Å². The first-order chi connectivity index (χ1) is 8.24. The molecule has 0 aliphatic heterocycles. The molecular weight excluding hydrogens is 212 g/mol. The number of carbonyl (C=O) groups excluding carboxylic acids is 1. The van der Waals surface area contributed by atoms with Gasteiger partial charge in [-0.2, -0.15) is 5.26 Å². The number of hydrogen-bond donors (Lipinski definition) is 0. The second kappa shape index (κ2) is 5.53. The van der Waals surface area contributed by atoms with Crippen molar-refractivity contribution >= 4 is 5.91 Å². The van der Waals surface area contributed by atoms with Crippen molar-refractivity contribution < 1.29 is 4.79 Å². The maximum Gasteiger partial charge on any atom is 0.222 e. The molecule has 0 N–H and O–H groups in total. The fourth-order valence-corrected chi connectivity index (χ4v) is 3.62. The molecule has 2 bridgehead atoms. The zero-order chi connectivity index (χ0) is 12.3. The maximum atomic E-state index is 12.1. The van der Waals surface area contributed by atoms with Crippen LogP contribution in [0.3, 0.4) is 0 Å². The predicted octanol–water partition coefficient (Wildman–Crippen LogP) is 2.57. The summed E-state index contributed by atoms with van der Waals surface area (Å²) < 4.78 is 0. The molecule has 3 unspecified atom stereocenters. The second-order valence-corrected chi connectivity index (χ2v) is 5.52. The topological polar surface area (TPSA) is 44.1 Å². The highest BCUT2D eigenvalue weighted by Gasteiger charge is 2.40. The molecule has 0 spiro atoms. The van der Waals surface area contributed by atoms with E-state index in [1.165, 1.54) is 25.7 Å². The molecule has 2 aliphatic carbocycles. The molecule has 94 valence electrons. The second-order valence-electron chi connectivity index (χ2n) is 5.52. The average molecular weight is 234 g/mol. The third kappa shape index (κ3) is 2.80. The van der Waals surface area contributed by atoms with Crippen LogP contribution >= 0.6 is 0 Å². The maximum absolute atomic E-state index is 12.1. The lowest BCUT2D eigenvalue weighted by atomic mass is 9.86. The summed E-state index contributed by atoms with van der Waals surface area (Å²) in [5, 5.41) is 8.57. The van der Waals surface area contributed by atoms with E-state index < -0.39 is 0 Å². The van der Waals surface area contributed by atoms with Crippen LogP contribution < -0.4 is 0 Å². The molecule has 0 saturated heterocycles. The highest BCUT2D eigenvalue weighted by Crippen LogP contribution is 2.49. The van der Waals surface area contributed by atoms with Gasteiger partial charge < -0.3 is 4.90 Å². The van der Waals surface area contributed by atoms with Gasteiger partial charge in [-0.05, 0) is 43.9 Å². The smallest absolute Gasteiger partial charge is 0.222 e. The van der Waals surface area contributed by atoms with Crippen LogP contribution in [0.25, 0.3) is 0 Å². The predicted molar refractivity (Wildman–Crippen MR) is 66.0 cm³/mol. The molecule has 17 heavy (non-hydrogen) atoms. The fraction of sp³-hybridized carbons (Fsp3) is 0.857. The highest BCUT2D eigenvalue weighted by atomic mass is 16.2. The van der Waals surface area contributed by atoms with E-state index in [9.17, 15) is 4.79 Å². The summed E-state index contributed by atoms with van der Waals surface area (Å²) in [7, 11) is 0. The van der Waals surface area contributed by atoms with Crippen molar-refractivity contribution in [3.8, 4) is 6.07 Å². The first kappa shape index (κ1) is 12.4. The third-order valence-corrected chi connectivity index (χ3v) is 4.55. The molecule has 1 amide bonds. The highest BCUT2D eigenvalue weighted by molar-refractivity contribution is 5.76. The monoisotopic (exact) mass is 234 g/mol. The molecule has 0 aromatic heterocycles. The van der Waals surface area contributed by atoms with E-state index >= 15 is 0 Å². The molecular formula is C14H22N2O. The summed E-state index contributed by atoms with van der Waals surface area (Å²) >= 11 is 0. The Hall–Kier alpha value is -1.04. The molecule has 2 aliphatic rings. The summed E-state index contributed by atoms with van der Waals surface area (Å²) in [6, 6.07) is 2.11. The molecule has 3 atom stereocenters. The largest absolute Gasteiger partial charge is 0.342 e. The van der Waals surface area contributed by atoms with Gasteiger partial charge in [0.15, 0.2) is 0 Å². The van der Waals surface area contributed by atoms with Gasteiger partial charge in [0.05, 0.1) is 12.5 Å². The van der Waals surface area contributed by atoms with Crippen LogP contribution in [0.15, 0.2) is 0 Å². The quantitative estimate of drug-likeness (QED) is 0.734. The molecule has 2 rings (SSSR count). The van der Waals surface area contributed by atoms with Crippen molar-refractivity contribution in [1.82, 2.24) is 4.90 Å². The molecule has 3 nitrogen and oxygen atoms in total. The zero-order valence-corrected chi connectivity index (χ0v) is 10.7. The summed E-state index contributed by atoms with van der Waals surface area (Å²) in [4.78, 5) is 14.0. The molecule has 2 saturated carbocycles. The Bertz CT molecular complexity index is 321. The summed E-state index contributed by atoms with van der Waals surface area (Å²) in [5.74, 6) is 2.63. The number of hydrogen-bond acceptors (Lipinski definition) is 2. The van der Waals surface area contributed by atoms with Crippen LogP contribution in [-0.2, 0) is 4.79 Å². The molecule has 0 heterocycles. The Morgan fingerprint density at radius 1 is 1.41 bits per heavy atom. The molecule has 0 aromatic rings. The van der Waals surface area contributed by atoms with Crippen molar-refractivity contribution in [3.63, 3.8) is 0 Å². The number of nitriles is 1. The number of carbonyl (C=O) groups is 1. The van der Waals surface area contributed by atoms with Gasteiger partial charge in [-0.1, -0.05) is 6.42 Å². The van der Waals surface area contributed by atoms with Gasteiger partial charge in [0.2, 0.25) is 5.91 Å². The Balaban J connectivity index is 1.81. The van der Waals surface area contributed by atoms with Crippen LogP contribution in [0.1, 0.15) is 45.4 Å². The number of amides is 1. The van der Waals surface area contributed by atoms with Gasteiger partial charge in [0, 0.05) is 19.5 Å². The Kier molecular flexibility index (Phi) is 4.04. The summed E-state index contributed by atoms with van der Waals surface area (Å²) in [6.07, 6.45) is 6.54. The van der Waals surface area contributed by atoms with E-state index in [4.69, 9.17) is 5.26 Å². The SMILES string of the molecule is CCN(CCC#N)C(=O)CC1CC2CCC1C2. The van der Waals surface area contributed by atoms with Gasteiger partial charge >= 0.3 is 0 Å². The molecule has 3 heteroatoms. The van der Waals surface area contributed by atoms with Gasteiger partial charge in [-0.3, -0.25) is 4.79 Å². The molecule has 0 radical (unpaired) electrons. The van der Waals surface area contributed by atoms with E-state index in [0.29, 0.717) is 18.9 Å². The van der Waals surface area contributed by atoms with Crippen LogP contribution in [0.4, 0.5) is 0 Å². The van der Waals surface area contributed by atoms with E-state index in [1.807, 2.05) is 11.8 Å². The zero-order valence-electron chi connectivity index (χ0n) is 10.7.